The molecule has 0 aliphatic carbocycles. The molecule has 2 amide bonds. The van der Waals surface area contributed by atoms with Crippen molar-refractivity contribution in [3.05, 3.63) is 69.3 Å². The minimum absolute atomic E-state index is 0.0872. The average Bonchev–Trinajstić information content (AvgIpc) is 2.68. The molecule has 0 saturated carbocycles. The Morgan fingerprint density at radius 1 is 1.10 bits per heavy atom. The highest BCUT2D eigenvalue weighted by Crippen LogP contribution is 2.19. The van der Waals surface area contributed by atoms with Crippen molar-refractivity contribution in [2.75, 3.05) is 25.5 Å². The summed E-state index contributed by atoms with van der Waals surface area (Å²) in [6, 6.07) is 10.5. The van der Waals surface area contributed by atoms with Gasteiger partial charge in [0.25, 0.3) is 11.6 Å². The van der Waals surface area contributed by atoms with Crippen LogP contribution in [0.4, 0.5) is 11.4 Å². The number of amides is 2. The number of esters is 1. The number of rotatable bonds is 7. The maximum absolute atomic E-state index is 12.7. The first-order valence-electron chi connectivity index (χ1n) is 8.80. The topological polar surface area (TPSA) is 119 Å². The molecule has 0 bridgehead atoms. The van der Waals surface area contributed by atoms with Gasteiger partial charge in [-0.3, -0.25) is 19.7 Å². The van der Waals surface area contributed by atoms with Gasteiger partial charge in [0.15, 0.2) is 0 Å². The zero-order chi connectivity index (χ0) is 21.6. The van der Waals surface area contributed by atoms with Gasteiger partial charge >= 0.3 is 5.97 Å². The van der Waals surface area contributed by atoms with Crippen LogP contribution >= 0.6 is 0 Å². The minimum atomic E-state index is -0.773. The lowest BCUT2D eigenvalue weighted by molar-refractivity contribution is -0.384. The van der Waals surface area contributed by atoms with E-state index in [1.165, 1.54) is 13.1 Å². The van der Waals surface area contributed by atoms with Crippen molar-refractivity contribution in [1.82, 2.24) is 4.90 Å². The first-order chi connectivity index (χ1) is 13.7. The van der Waals surface area contributed by atoms with E-state index in [4.69, 9.17) is 4.74 Å². The number of hydrogen-bond donors (Lipinski definition) is 1. The molecular weight excluding hydrogens is 378 g/mol. The number of likely N-dealkylation sites (N-methyl/N-ethyl adjacent to an activating group) is 1. The fourth-order valence-electron chi connectivity index (χ4n) is 2.52. The van der Waals surface area contributed by atoms with E-state index in [1.54, 1.807) is 19.1 Å². The maximum Gasteiger partial charge on any atom is 0.338 e. The van der Waals surface area contributed by atoms with Crippen LogP contribution in [-0.2, 0) is 9.53 Å². The summed E-state index contributed by atoms with van der Waals surface area (Å²) in [6.07, 6.45) is 0. The second-order valence-corrected chi connectivity index (χ2v) is 6.32. The predicted molar refractivity (Wildman–Crippen MR) is 106 cm³/mol. The Hall–Kier alpha value is -3.75. The Balaban J connectivity index is 2.16. The monoisotopic (exact) mass is 399 g/mol. The van der Waals surface area contributed by atoms with Crippen LogP contribution in [0.5, 0.6) is 0 Å². The molecule has 0 heterocycles. The Bertz CT molecular complexity index is 940. The number of carbonyl (C=O) groups excluding carboxylic acids is 3. The van der Waals surface area contributed by atoms with Gasteiger partial charge in [-0.05, 0) is 32.0 Å². The molecule has 2 aromatic rings. The summed E-state index contributed by atoms with van der Waals surface area (Å²) in [5.41, 5.74) is 1.01. The number of nitro groups is 1. The van der Waals surface area contributed by atoms with Gasteiger partial charge in [-0.15, -0.1) is 0 Å². The molecular formula is C20H21N3O6. The summed E-state index contributed by atoms with van der Waals surface area (Å²) in [5.74, 6) is -1.84. The third kappa shape index (κ3) is 5.86. The van der Waals surface area contributed by atoms with Crippen molar-refractivity contribution >= 4 is 29.2 Å². The van der Waals surface area contributed by atoms with Crippen molar-refractivity contribution in [2.24, 2.45) is 0 Å². The molecule has 0 saturated heterocycles. The average molecular weight is 399 g/mol. The van der Waals surface area contributed by atoms with E-state index in [2.05, 4.69) is 5.32 Å². The van der Waals surface area contributed by atoms with E-state index in [1.807, 2.05) is 19.1 Å². The van der Waals surface area contributed by atoms with Gasteiger partial charge < -0.3 is 15.0 Å². The molecule has 0 fully saturated rings. The normalized spacial score (nSPS) is 10.2. The van der Waals surface area contributed by atoms with Crippen LogP contribution in [0.25, 0.3) is 0 Å². The molecule has 29 heavy (non-hydrogen) atoms. The molecule has 0 aromatic heterocycles. The van der Waals surface area contributed by atoms with E-state index in [0.717, 1.165) is 22.6 Å². The van der Waals surface area contributed by atoms with Gasteiger partial charge in [-0.2, -0.15) is 0 Å². The van der Waals surface area contributed by atoms with Crippen LogP contribution in [-0.4, -0.2) is 47.8 Å². The molecule has 2 aromatic carbocycles. The van der Waals surface area contributed by atoms with Gasteiger partial charge in [0.2, 0.25) is 5.91 Å². The third-order valence-corrected chi connectivity index (χ3v) is 3.95. The first kappa shape index (κ1) is 21.5. The molecule has 0 unspecified atom stereocenters. The molecule has 9 nitrogen and oxygen atoms in total. The van der Waals surface area contributed by atoms with Crippen molar-refractivity contribution < 1.29 is 24.0 Å². The number of aryl methyl sites for hydroxylation is 1. The Kier molecular flexibility index (Phi) is 7.02. The lowest BCUT2D eigenvalue weighted by atomic mass is 10.1. The highest BCUT2D eigenvalue weighted by molar-refractivity contribution is 6.01. The maximum atomic E-state index is 12.7. The van der Waals surface area contributed by atoms with E-state index in [0.29, 0.717) is 5.69 Å². The standard InChI is InChI=1S/C20H21N3O6/c1-4-29-20(26)15-9-14(10-17(11-15)23(27)28)19(25)22(3)12-18(24)21-16-7-5-13(2)6-8-16/h5-11H,4,12H2,1-3H3,(H,21,24). The molecule has 2 rings (SSSR count). The number of hydrogen-bond acceptors (Lipinski definition) is 6. The van der Waals surface area contributed by atoms with Crippen molar-refractivity contribution in [1.29, 1.82) is 0 Å². The van der Waals surface area contributed by atoms with Crippen molar-refractivity contribution in [3.8, 4) is 0 Å². The number of nitrogens with one attached hydrogen (secondary N) is 1. The van der Waals surface area contributed by atoms with E-state index in [9.17, 15) is 24.5 Å². The minimum Gasteiger partial charge on any atom is -0.462 e. The highest BCUT2D eigenvalue weighted by atomic mass is 16.6. The number of nitro benzene ring substituents is 1. The summed E-state index contributed by atoms with van der Waals surface area (Å²) < 4.78 is 4.85. The number of ether oxygens (including phenoxy) is 1. The zero-order valence-electron chi connectivity index (χ0n) is 16.3. The smallest absolute Gasteiger partial charge is 0.338 e. The van der Waals surface area contributed by atoms with Crippen LogP contribution in [0.1, 0.15) is 33.2 Å². The molecule has 9 heteroatoms. The first-order valence-corrected chi connectivity index (χ1v) is 8.80. The van der Waals surface area contributed by atoms with Gasteiger partial charge in [0.05, 0.1) is 23.6 Å². The van der Waals surface area contributed by atoms with Crippen molar-refractivity contribution in [3.63, 3.8) is 0 Å². The SMILES string of the molecule is CCOC(=O)c1cc(C(=O)N(C)CC(=O)Nc2ccc(C)cc2)cc([N+](=O)[O-])c1. The molecule has 0 atom stereocenters. The van der Waals surface area contributed by atoms with Crippen LogP contribution < -0.4 is 5.32 Å². The third-order valence-electron chi connectivity index (χ3n) is 3.95. The summed E-state index contributed by atoms with van der Waals surface area (Å²) in [4.78, 5) is 48.3. The Labute approximate surface area is 167 Å². The summed E-state index contributed by atoms with van der Waals surface area (Å²) in [5, 5.41) is 13.8. The number of benzene rings is 2. The fourth-order valence-corrected chi connectivity index (χ4v) is 2.52. The van der Waals surface area contributed by atoms with E-state index < -0.39 is 28.4 Å². The Morgan fingerprint density at radius 2 is 1.72 bits per heavy atom. The molecule has 1 N–H and O–H groups in total. The second-order valence-electron chi connectivity index (χ2n) is 6.32. The lowest BCUT2D eigenvalue weighted by Gasteiger charge is -2.17. The molecule has 0 aliphatic rings. The predicted octanol–water partition coefficient (Wildman–Crippen LogP) is 2.79. The van der Waals surface area contributed by atoms with Gasteiger partial charge in [-0.1, -0.05) is 17.7 Å². The number of nitrogens with zero attached hydrogens (tertiary/aromatic N) is 2. The van der Waals surface area contributed by atoms with Crippen LogP contribution in [0.2, 0.25) is 0 Å². The second kappa shape index (κ2) is 9.45. The highest BCUT2D eigenvalue weighted by Gasteiger charge is 2.21. The zero-order valence-corrected chi connectivity index (χ0v) is 16.3. The molecule has 0 spiro atoms. The van der Waals surface area contributed by atoms with Crippen LogP contribution in [0, 0.1) is 17.0 Å². The summed E-state index contributed by atoms with van der Waals surface area (Å²) >= 11 is 0. The Morgan fingerprint density at radius 3 is 2.31 bits per heavy atom. The fraction of sp³-hybridized carbons (Fsp3) is 0.250. The van der Waals surface area contributed by atoms with E-state index >= 15 is 0 Å². The number of carbonyl (C=O) groups is 3. The molecule has 0 aliphatic heterocycles. The number of anilines is 1. The number of non-ortho nitro benzene ring substituents is 1. The summed E-state index contributed by atoms with van der Waals surface area (Å²) in [7, 11) is 1.39. The van der Waals surface area contributed by atoms with Gasteiger partial charge in [-0.25, -0.2) is 4.79 Å². The quantitative estimate of drug-likeness (QED) is 0.434. The largest absolute Gasteiger partial charge is 0.462 e. The van der Waals surface area contributed by atoms with Gasteiger partial charge in [0, 0.05) is 30.4 Å². The van der Waals surface area contributed by atoms with Gasteiger partial charge in [0.1, 0.15) is 0 Å². The van der Waals surface area contributed by atoms with Crippen LogP contribution in [0.3, 0.4) is 0 Å². The summed E-state index contributed by atoms with van der Waals surface area (Å²) in [6.45, 7) is 3.33. The van der Waals surface area contributed by atoms with Crippen molar-refractivity contribution in [2.45, 2.75) is 13.8 Å². The lowest BCUT2D eigenvalue weighted by Crippen LogP contribution is -2.35. The van der Waals surface area contributed by atoms with E-state index in [-0.39, 0.29) is 24.3 Å². The molecule has 0 radical (unpaired) electrons. The molecule has 152 valence electrons. The van der Waals surface area contributed by atoms with Crippen LogP contribution in [0.15, 0.2) is 42.5 Å².